The predicted octanol–water partition coefficient (Wildman–Crippen LogP) is 2.47. The topological polar surface area (TPSA) is 39.7 Å². The first-order chi connectivity index (χ1) is 10.3. The SMILES string of the molecule is COCCOCCOC(CNC1CC1)c1ccccc1C. The Morgan fingerprint density at radius 2 is 1.90 bits per heavy atom. The van der Waals surface area contributed by atoms with Crippen molar-refractivity contribution in [3.63, 3.8) is 0 Å². The molecule has 0 amide bonds. The summed E-state index contributed by atoms with van der Waals surface area (Å²) in [5.74, 6) is 0. The van der Waals surface area contributed by atoms with Gasteiger partial charge in [0.25, 0.3) is 0 Å². The summed E-state index contributed by atoms with van der Waals surface area (Å²) in [4.78, 5) is 0. The molecular weight excluding hydrogens is 266 g/mol. The lowest BCUT2D eigenvalue weighted by atomic mass is 10.0. The summed E-state index contributed by atoms with van der Waals surface area (Å²) in [6, 6.07) is 9.12. The van der Waals surface area contributed by atoms with Gasteiger partial charge in [0.15, 0.2) is 0 Å². The highest BCUT2D eigenvalue weighted by atomic mass is 16.5. The smallest absolute Gasteiger partial charge is 0.0953 e. The fraction of sp³-hybridized carbons (Fsp3) is 0.647. The molecule has 0 heterocycles. The van der Waals surface area contributed by atoms with Crippen molar-refractivity contribution in [2.45, 2.75) is 31.9 Å². The number of benzene rings is 1. The molecule has 1 aromatic carbocycles. The van der Waals surface area contributed by atoms with Gasteiger partial charge in [-0.25, -0.2) is 0 Å². The van der Waals surface area contributed by atoms with E-state index in [0.29, 0.717) is 32.5 Å². The van der Waals surface area contributed by atoms with Gasteiger partial charge in [0.1, 0.15) is 0 Å². The second-order valence-electron chi connectivity index (χ2n) is 5.50. The minimum atomic E-state index is 0.0952. The molecule has 118 valence electrons. The van der Waals surface area contributed by atoms with Crippen molar-refractivity contribution in [2.75, 3.05) is 40.1 Å². The Labute approximate surface area is 127 Å². The first-order valence-electron chi connectivity index (χ1n) is 7.78. The van der Waals surface area contributed by atoms with E-state index >= 15 is 0 Å². The lowest BCUT2D eigenvalue weighted by Crippen LogP contribution is -2.26. The van der Waals surface area contributed by atoms with Gasteiger partial charge in [-0.1, -0.05) is 24.3 Å². The molecule has 1 N–H and O–H groups in total. The van der Waals surface area contributed by atoms with E-state index in [1.807, 2.05) is 0 Å². The van der Waals surface area contributed by atoms with Crippen LogP contribution >= 0.6 is 0 Å². The lowest BCUT2D eigenvalue weighted by Gasteiger charge is -2.21. The molecule has 0 spiro atoms. The van der Waals surface area contributed by atoms with Gasteiger partial charge in [0, 0.05) is 19.7 Å². The molecule has 0 saturated heterocycles. The first kappa shape index (κ1) is 16.4. The Morgan fingerprint density at radius 1 is 1.14 bits per heavy atom. The van der Waals surface area contributed by atoms with E-state index in [9.17, 15) is 0 Å². The van der Waals surface area contributed by atoms with Gasteiger partial charge in [0.2, 0.25) is 0 Å². The summed E-state index contributed by atoms with van der Waals surface area (Å²) in [6.07, 6.45) is 2.68. The van der Waals surface area contributed by atoms with Crippen LogP contribution in [-0.2, 0) is 14.2 Å². The second-order valence-corrected chi connectivity index (χ2v) is 5.50. The molecular formula is C17H27NO3. The molecule has 1 fully saturated rings. The van der Waals surface area contributed by atoms with Crippen LogP contribution in [0.3, 0.4) is 0 Å². The number of hydrogen-bond acceptors (Lipinski definition) is 4. The van der Waals surface area contributed by atoms with E-state index < -0.39 is 0 Å². The maximum atomic E-state index is 6.04. The largest absolute Gasteiger partial charge is 0.382 e. The highest BCUT2D eigenvalue weighted by Gasteiger charge is 2.23. The van der Waals surface area contributed by atoms with E-state index in [-0.39, 0.29) is 6.10 Å². The van der Waals surface area contributed by atoms with Crippen molar-refractivity contribution < 1.29 is 14.2 Å². The normalized spacial score (nSPS) is 16.1. The zero-order chi connectivity index (χ0) is 14.9. The fourth-order valence-corrected chi connectivity index (χ4v) is 2.26. The van der Waals surface area contributed by atoms with Crippen LogP contribution in [0.15, 0.2) is 24.3 Å². The van der Waals surface area contributed by atoms with Crippen molar-refractivity contribution in [3.05, 3.63) is 35.4 Å². The summed E-state index contributed by atoms with van der Waals surface area (Å²) in [6.45, 7) is 5.47. The second kappa shape index (κ2) is 9.15. The molecule has 0 radical (unpaired) electrons. The molecule has 0 aliphatic heterocycles. The van der Waals surface area contributed by atoms with Crippen LogP contribution in [0, 0.1) is 6.92 Å². The van der Waals surface area contributed by atoms with E-state index in [2.05, 4.69) is 36.5 Å². The quantitative estimate of drug-likeness (QED) is 0.636. The Kier molecular flexibility index (Phi) is 7.16. The summed E-state index contributed by atoms with van der Waals surface area (Å²) >= 11 is 0. The maximum absolute atomic E-state index is 6.04. The molecule has 1 aliphatic rings. The Morgan fingerprint density at radius 3 is 2.62 bits per heavy atom. The molecule has 1 atom stereocenters. The highest BCUT2D eigenvalue weighted by Crippen LogP contribution is 2.24. The number of aryl methyl sites for hydroxylation is 1. The molecule has 21 heavy (non-hydrogen) atoms. The molecule has 4 heteroatoms. The van der Waals surface area contributed by atoms with Crippen molar-refractivity contribution in [3.8, 4) is 0 Å². The summed E-state index contributed by atoms with van der Waals surface area (Å²) in [5, 5.41) is 3.56. The predicted molar refractivity (Wildman–Crippen MR) is 83.6 cm³/mol. The zero-order valence-corrected chi connectivity index (χ0v) is 13.1. The molecule has 0 bridgehead atoms. The summed E-state index contributed by atoms with van der Waals surface area (Å²) in [7, 11) is 1.68. The van der Waals surface area contributed by atoms with Gasteiger partial charge in [0.05, 0.1) is 32.5 Å². The number of rotatable bonds is 11. The monoisotopic (exact) mass is 293 g/mol. The van der Waals surface area contributed by atoms with Gasteiger partial charge in [-0.15, -0.1) is 0 Å². The lowest BCUT2D eigenvalue weighted by molar-refractivity contribution is -0.00716. The average Bonchev–Trinajstić information content (AvgIpc) is 3.31. The fourth-order valence-electron chi connectivity index (χ4n) is 2.26. The molecule has 1 aromatic rings. The minimum absolute atomic E-state index is 0.0952. The maximum Gasteiger partial charge on any atom is 0.0953 e. The Bertz CT molecular complexity index is 407. The van der Waals surface area contributed by atoms with Crippen LogP contribution < -0.4 is 5.32 Å². The van der Waals surface area contributed by atoms with Gasteiger partial charge < -0.3 is 19.5 Å². The third-order valence-corrected chi connectivity index (χ3v) is 3.68. The molecule has 0 aromatic heterocycles. The van der Waals surface area contributed by atoms with Crippen molar-refractivity contribution in [2.24, 2.45) is 0 Å². The van der Waals surface area contributed by atoms with Gasteiger partial charge in [-0.3, -0.25) is 0 Å². The average molecular weight is 293 g/mol. The minimum Gasteiger partial charge on any atom is -0.382 e. The Balaban J connectivity index is 1.79. The number of methoxy groups -OCH3 is 1. The van der Waals surface area contributed by atoms with E-state index in [1.165, 1.54) is 24.0 Å². The van der Waals surface area contributed by atoms with Gasteiger partial charge in [-0.05, 0) is 30.9 Å². The van der Waals surface area contributed by atoms with Crippen LogP contribution in [0.5, 0.6) is 0 Å². The van der Waals surface area contributed by atoms with Gasteiger partial charge in [-0.2, -0.15) is 0 Å². The van der Waals surface area contributed by atoms with Crippen molar-refractivity contribution in [1.82, 2.24) is 5.32 Å². The standard InChI is InChI=1S/C17H27NO3/c1-14-5-3-4-6-16(14)17(13-18-15-7-8-15)21-12-11-20-10-9-19-2/h3-6,15,17-18H,7-13H2,1-2H3. The molecule has 2 rings (SSSR count). The first-order valence-corrected chi connectivity index (χ1v) is 7.78. The number of hydrogen-bond donors (Lipinski definition) is 1. The molecule has 1 unspecified atom stereocenters. The van der Waals surface area contributed by atoms with Crippen LogP contribution in [-0.4, -0.2) is 46.1 Å². The van der Waals surface area contributed by atoms with Crippen LogP contribution in [0.4, 0.5) is 0 Å². The number of ether oxygens (including phenoxy) is 3. The van der Waals surface area contributed by atoms with E-state index in [0.717, 1.165) is 6.54 Å². The molecule has 1 aliphatic carbocycles. The van der Waals surface area contributed by atoms with Crippen LogP contribution in [0.1, 0.15) is 30.1 Å². The molecule has 1 saturated carbocycles. The molecule has 4 nitrogen and oxygen atoms in total. The highest BCUT2D eigenvalue weighted by molar-refractivity contribution is 5.28. The van der Waals surface area contributed by atoms with Crippen molar-refractivity contribution >= 4 is 0 Å². The summed E-state index contributed by atoms with van der Waals surface area (Å²) < 4.78 is 16.4. The third-order valence-electron chi connectivity index (χ3n) is 3.68. The Hall–Kier alpha value is -0.940. The van der Waals surface area contributed by atoms with Crippen LogP contribution in [0.2, 0.25) is 0 Å². The number of nitrogens with one attached hydrogen (secondary N) is 1. The summed E-state index contributed by atoms with van der Waals surface area (Å²) in [5.41, 5.74) is 2.54. The third kappa shape index (κ3) is 6.14. The zero-order valence-electron chi connectivity index (χ0n) is 13.1. The van der Waals surface area contributed by atoms with Gasteiger partial charge >= 0.3 is 0 Å². The van der Waals surface area contributed by atoms with E-state index in [4.69, 9.17) is 14.2 Å². The van der Waals surface area contributed by atoms with Crippen LogP contribution in [0.25, 0.3) is 0 Å². The van der Waals surface area contributed by atoms with Crippen molar-refractivity contribution in [1.29, 1.82) is 0 Å². The van der Waals surface area contributed by atoms with E-state index in [1.54, 1.807) is 7.11 Å².